The van der Waals surface area contributed by atoms with Gasteiger partial charge < -0.3 is 43.4 Å². The molecule has 0 heterocycles. The normalized spacial score (nSPS) is 14.2. The Morgan fingerprint density at radius 2 is 1.53 bits per heavy atom. The lowest BCUT2D eigenvalue weighted by molar-refractivity contribution is -0.142. The molecule has 4 unspecified atom stereocenters. The van der Waals surface area contributed by atoms with Crippen molar-refractivity contribution in [2.45, 2.75) is 56.8 Å². The molecule has 14 nitrogen and oxygen atoms in total. The van der Waals surface area contributed by atoms with Crippen molar-refractivity contribution in [2.24, 2.45) is 22.2 Å². The van der Waals surface area contributed by atoms with Gasteiger partial charge >= 0.3 is 11.9 Å². The predicted octanol–water partition coefficient (Wildman–Crippen LogP) is -3.28. The van der Waals surface area contributed by atoms with Crippen molar-refractivity contribution in [3.63, 3.8) is 0 Å². The van der Waals surface area contributed by atoms with Crippen LogP contribution in [0.15, 0.2) is 4.99 Å². The molecular formula is C17H31N7O7S. The van der Waals surface area contributed by atoms with Crippen molar-refractivity contribution in [1.29, 1.82) is 0 Å². The predicted molar refractivity (Wildman–Crippen MR) is 118 cm³/mol. The van der Waals surface area contributed by atoms with Crippen LogP contribution < -0.4 is 33.2 Å². The van der Waals surface area contributed by atoms with E-state index in [9.17, 15) is 24.0 Å². The van der Waals surface area contributed by atoms with Crippen molar-refractivity contribution in [3.05, 3.63) is 0 Å². The molecule has 4 atom stereocenters. The van der Waals surface area contributed by atoms with E-state index in [1.54, 1.807) is 0 Å². The van der Waals surface area contributed by atoms with Gasteiger partial charge in [-0.1, -0.05) is 0 Å². The number of carboxylic acid groups (broad SMARTS) is 2. The third kappa shape index (κ3) is 11.9. The van der Waals surface area contributed by atoms with Crippen molar-refractivity contribution < 1.29 is 34.2 Å². The molecular weight excluding hydrogens is 446 g/mol. The molecule has 3 amide bonds. The third-order valence-corrected chi connectivity index (χ3v) is 4.50. The molecule has 0 bridgehead atoms. The summed E-state index contributed by atoms with van der Waals surface area (Å²) in [4.78, 5) is 62.6. The summed E-state index contributed by atoms with van der Waals surface area (Å²) >= 11 is 3.83. The quantitative estimate of drug-likeness (QED) is 0.0492. The van der Waals surface area contributed by atoms with Crippen molar-refractivity contribution in [3.8, 4) is 0 Å². The molecule has 0 aliphatic rings. The Hall–Kier alpha value is -3.07. The standard InChI is InChI=1S/C17H31N7O7S/c1-8(22-14(28)9(18)3-2-6-21-17(19)20)13(27)23-10(4-5-12(25)26)15(29)24-11(7-32)16(30)31/h8-11,32H,2-7,18H2,1H3,(H,22,28)(H,23,27)(H,24,29)(H,25,26)(H,30,31)(H4,19,20,21). The molecule has 0 saturated carbocycles. The molecule has 0 aromatic carbocycles. The monoisotopic (exact) mass is 477 g/mol. The van der Waals surface area contributed by atoms with E-state index in [2.05, 4.69) is 33.6 Å². The lowest BCUT2D eigenvalue weighted by Gasteiger charge is -2.23. The Balaban J connectivity index is 4.93. The number of nitrogens with two attached hydrogens (primary N) is 3. The summed E-state index contributed by atoms with van der Waals surface area (Å²) < 4.78 is 0. The SMILES string of the molecule is CC(NC(=O)C(N)CCCN=C(N)N)C(=O)NC(CCC(=O)O)C(=O)NC(CS)C(=O)O. The second-order valence-corrected chi connectivity index (χ2v) is 7.23. The Labute approximate surface area is 190 Å². The number of carboxylic acids is 2. The number of thiol groups is 1. The molecule has 0 aromatic rings. The highest BCUT2D eigenvalue weighted by molar-refractivity contribution is 7.80. The first kappa shape index (κ1) is 28.9. The summed E-state index contributed by atoms with van der Waals surface area (Å²) in [5.74, 6) is -5.15. The molecule has 0 saturated heterocycles. The fourth-order valence-electron chi connectivity index (χ4n) is 2.33. The number of carbonyl (C=O) groups excluding carboxylic acids is 3. The first-order chi connectivity index (χ1) is 14.9. The number of aliphatic imine (C=N–C) groups is 1. The molecule has 0 rings (SSSR count). The van der Waals surface area contributed by atoms with Crippen LogP contribution in [0.2, 0.25) is 0 Å². The maximum atomic E-state index is 12.4. The van der Waals surface area contributed by atoms with Gasteiger partial charge in [0.2, 0.25) is 17.7 Å². The number of amides is 3. The van der Waals surface area contributed by atoms with Gasteiger partial charge in [-0.05, 0) is 26.2 Å². The first-order valence-electron chi connectivity index (χ1n) is 9.66. The molecule has 11 N–H and O–H groups in total. The van der Waals surface area contributed by atoms with Gasteiger partial charge in [-0.3, -0.25) is 24.2 Å². The van der Waals surface area contributed by atoms with Crippen LogP contribution in [0.5, 0.6) is 0 Å². The Kier molecular flexibility index (Phi) is 13.4. The molecule has 0 aliphatic heterocycles. The number of nitrogens with zero attached hydrogens (tertiary/aromatic N) is 1. The smallest absolute Gasteiger partial charge is 0.327 e. The minimum Gasteiger partial charge on any atom is -0.481 e. The van der Waals surface area contributed by atoms with Gasteiger partial charge in [0, 0.05) is 18.7 Å². The van der Waals surface area contributed by atoms with Crippen molar-refractivity contribution in [1.82, 2.24) is 16.0 Å². The van der Waals surface area contributed by atoms with Crippen LogP contribution in [0.3, 0.4) is 0 Å². The molecule has 0 fully saturated rings. The molecule has 15 heteroatoms. The van der Waals surface area contributed by atoms with Crippen LogP contribution in [-0.4, -0.2) is 82.3 Å². The topological polar surface area (TPSA) is 252 Å². The van der Waals surface area contributed by atoms with Gasteiger partial charge in [-0.25, -0.2) is 4.79 Å². The number of rotatable bonds is 15. The zero-order chi connectivity index (χ0) is 24.8. The lowest BCUT2D eigenvalue weighted by Crippen LogP contribution is -2.56. The summed E-state index contributed by atoms with van der Waals surface area (Å²) in [6, 6.07) is -4.71. The molecule has 0 spiro atoms. The summed E-state index contributed by atoms with van der Waals surface area (Å²) in [5.41, 5.74) is 16.2. The van der Waals surface area contributed by atoms with Gasteiger partial charge in [0.1, 0.15) is 18.1 Å². The average Bonchev–Trinajstić information content (AvgIpc) is 2.70. The number of hydrogen-bond donors (Lipinski definition) is 9. The summed E-state index contributed by atoms with van der Waals surface area (Å²) in [7, 11) is 0. The largest absolute Gasteiger partial charge is 0.481 e. The van der Waals surface area contributed by atoms with Gasteiger partial charge in [0.25, 0.3) is 0 Å². The average molecular weight is 478 g/mol. The van der Waals surface area contributed by atoms with Gasteiger partial charge in [0.05, 0.1) is 6.04 Å². The maximum absolute atomic E-state index is 12.4. The first-order valence-corrected chi connectivity index (χ1v) is 10.3. The van der Waals surface area contributed by atoms with Crippen LogP contribution in [-0.2, 0) is 24.0 Å². The summed E-state index contributed by atoms with van der Waals surface area (Å²) in [6.07, 6.45) is -0.0730. The zero-order valence-electron chi connectivity index (χ0n) is 17.6. The van der Waals surface area contributed by atoms with Crippen LogP contribution in [0.1, 0.15) is 32.6 Å². The fraction of sp³-hybridized carbons (Fsp3) is 0.647. The van der Waals surface area contributed by atoms with Gasteiger partial charge in [-0.2, -0.15) is 12.6 Å². The molecule has 32 heavy (non-hydrogen) atoms. The Bertz CT molecular complexity index is 715. The number of carbonyl (C=O) groups is 5. The van der Waals surface area contributed by atoms with Crippen LogP contribution in [0, 0.1) is 0 Å². The fourth-order valence-corrected chi connectivity index (χ4v) is 2.58. The van der Waals surface area contributed by atoms with Gasteiger partial charge in [0.15, 0.2) is 5.96 Å². The van der Waals surface area contributed by atoms with Crippen molar-refractivity contribution >= 4 is 48.2 Å². The van der Waals surface area contributed by atoms with Crippen LogP contribution >= 0.6 is 12.6 Å². The highest BCUT2D eigenvalue weighted by atomic mass is 32.1. The lowest BCUT2D eigenvalue weighted by atomic mass is 10.1. The van der Waals surface area contributed by atoms with E-state index in [1.165, 1.54) is 6.92 Å². The number of nitrogens with one attached hydrogen (secondary N) is 3. The molecule has 0 aromatic heterocycles. The molecule has 182 valence electrons. The second-order valence-electron chi connectivity index (χ2n) is 6.86. The van der Waals surface area contributed by atoms with E-state index in [-0.39, 0.29) is 31.1 Å². The maximum Gasteiger partial charge on any atom is 0.327 e. The number of aliphatic carboxylic acids is 2. The second kappa shape index (κ2) is 14.9. The highest BCUT2D eigenvalue weighted by Gasteiger charge is 2.28. The van der Waals surface area contributed by atoms with E-state index in [0.717, 1.165) is 0 Å². The number of guanidine groups is 1. The van der Waals surface area contributed by atoms with E-state index in [0.29, 0.717) is 6.42 Å². The minimum absolute atomic E-state index is 0.0844. The van der Waals surface area contributed by atoms with E-state index < -0.39 is 60.2 Å². The van der Waals surface area contributed by atoms with Gasteiger partial charge in [-0.15, -0.1) is 0 Å². The summed E-state index contributed by atoms with van der Waals surface area (Å²) in [5, 5.41) is 24.8. The Morgan fingerprint density at radius 3 is 2.03 bits per heavy atom. The van der Waals surface area contributed by atoms with E-state index >= 15 is 0 Å². The summed E-state index contributed by atoms with van der Waals surface area (Å²) in [6.45, 7) is 1.63. The number of hydrogen-bond acceptors (Lipinski definition) is 8. The molecule has 0 aliphatic carbocycles. The molecule has 0 radical (unpaired) electrons. The highest BCUT2D eigenvalue weighted by Crippen LogP contribution is 2.02. The Morgan fingerprint density at radius 1 is 0.938 bits per heavy atom. The third-order valence-electron chi connectivity index (χ3n) is 4.13. The van der Waals surface area contributed by atoms with Crippen LogP contribution in [0.4, 0.5) is 0 Å². The van der Waals surface area contributed by atoms with Crippen molar-refractivity contribution in [2.75, 3.05) is 12.3 Å². The van der Waals surface area contributed by atoms with E-state index in [1.807, 2.05) is 0 Å². The van der Waals surface area contributed by atoms with E-state index in [4.69, 9.17) is 27.4 Å². The zero-order valence-corrected chi connectivity index (χ0v) is 18.5. The van der Waals surface area contributed by atoms with Crippen LogP contribution in [0.25, 0.3) is 0 Å². The minimum atomic E-state index is -1.34.